The second-order valence-electron chi connectivity index (χ2n) is 5.31. The van der Waals surface area contributed by atoms with Gasteiger partial charge in [-0.1, -0.05) is 36.4 Å². The van der Waals surface area contributed by atoms with Crippen molar-refractivity contribution in [2.75, 3.05) is 6.54 Å². The zero-order chi connectivity index (χ0) is 17.5. The van der Waals surface area contributed by atoms with Gasteiger partial charge in [-0.15, -0.1) is 0 Å². The smallest absolute Gasteiger partial charge is 0.233 e. The van der Waals surface area contributed by atoms with Crippen LogP contribution in [0.5, 0.6) is 0 Å². The van der Waals surface area contributed by atoms with Gasteiger partial charge >= 0.3 is 0 Å². The molecule has 0 amide bonds. The number of hydrogen-bond acceptors (Lipinski definition) is 4. The van der Waals surface area contributed by atoms with E-state index in [0.717, 1.165) is 11.3 Å². The topological polar surface area (TPSA) is 76.9 Å². The summed E-state index contributed by atoms with van der Waals surface area (Å²) in [5.41, 5.74) is 1.58. The summed E-state index contributed by atoms with van der Waals surface area (Å²) < 4.78 is 28.5. The van der Waals surface area contributed by atoms with Crippen molar-refractivity contribution in [2.45, 2.75) is 6.54 Å². The number of imidazole rings is 1. The lowest BCUT2D eigenvalue weighted by Gasteiger charge is -2.08. The molecule has 25 heavy (non-hydrogen) atoms. The van der Waals surface area contributed by atoms with Crippen LogP contribution in [0, 0.1) is 0 Å². The highest BCUT2D eigenvalue weighted by Gasteiger charge is 2.08. The monoisotopic (exact) mass is 354 g/mol. The quantitative estimate of drug-likeness (QED) is 0.707. The van der Waals surface area contributed by atoms with Gasteiger partial charge in [-0.3, -0.25) is 4.98 Å². The molecule has 3 aromatic rings. The first-order chi connectivity index (χ1) is 12.1. The summed E-state index contributed by atoms with van der Waals surface area (Å²) in [6.45, 7) is 0.724. The van der Waals surface area contributed by atoms with Gasteiger partial charge in [-0.2, -0.15) is 0 Å². The van der Waals surface area contributed by atoms with Gasteiger partial charge in [0.05, 0.1) is 0 Å². The molecule has 2 aromatic heterocycles. The van der Waals surface area contributed by atoms with Crippen molar-refractivity contribution >= 4 is 16.1 Å². The molecule has 7 heteroatoms. The first-order valence-corrected chi connectivity index (χ1v) is 9.34. The molecule has 1 N–H and O–H groups in total. The van der Waals surface area contributed by atoms with Crippen molar-refractivity contribution in [3.8, 4) is 11.5 Å². The van der Waals surface area contributed by atoms with Crippen LogP contribution in [0.15, 0.2) is 72.5 Å². The minimum atomic E-state index is -3.49. The standard InChI is InChI=1S/C18H18N4O2S/c23-25(24,15-9-16-6-2-1-3-7-16)21-12-14-22-13-11-20-18(22)17-8-4-5-10-19-17/h1-11,13,15,21H,12,14H2. The molecular weight excluding hydrogens is 336 g/mol. The predicted octanol–water partition coefficient (Wildman–Crippen LogP) is 2.54. The Kier molecular flexibility index (Phi) is 5.37. The van der Waals surface area contributed by atoms with Crippen molar-refractivity contribution in [1.82, 2.24) is 19.3 Å². The number of pyridine rings is 1. The van der Waals surface area contributed by atoms with E-state index < -0.39 is 10.0 Å². The summed E-state index contributed by atoms with van der Waals surface area (Å²) in [7, 11) is -3.49. The van der Waals surface area contributed by atoms with Gasteiger partial charge in [0, 0.05) is 37.1 Å². The number of rotatable bonds is 7. The molecule has 0 aliphatic rings. The van der Waals surface area contributed by atoms with Crippen LogP contribution in [0.1, 0.15) is 5.56 Å². The molecule has 128 valence electrons. The maximum Gasteiger partial charge on any atom is 0.233 e. The summed E-state index contributed by atoms with van der Waals surface area (Å²) in [5.74, 6) is 0.708. The molecule has 0 aliphatic carbocycles. The van der Waals surface area contributed by atoms with E-state index in [9.17, 15) is 8.42 Å². The lowest BCUT2D eigenvalue weighted by molar-refractivity contribution is 0.582. The van der Waals surface area contributed by atoms with E-state index in [4.69, 9.17) is 0 Å². The van der Waals surface area contributed by atoms with Crippen molar-refractivity contribution in [2.24, 2.45) is 0 Å². The molecular formula is C18H18N4O2S. The van der Waals surface area contributed by atoms with Gasteiger partial charge in [-0.05, 0) is 23.8 Å². The van der Waals surface area contributed by atoms with Gasteiger partial charge in [0.2, 0.25) is 10.0 Å². The van der Waals surface area contributed by atoms with Gasteiger partial charge in [0.25, 0.3) is 0 Å². The third kappa shape index (κ3) is 4.85. The second kappa shape index (κ2) is 7.87. The summed E-state index contributed by atoms with van der Waals surface area (Å²) in [6, 6.07) is 14.9. The van der Waals surface area contributed by atoms with E-state index >= 15 is 0 Å². The molecule has 0 aliphatic heterocycles. The van der Waals surface area contributed by atoms with Crippen molar-refractivity contribution < 1.29 is 8.42 Å². The zero-order valence-electron chi connectivity index (χ0n) is 13.5. The normalized spacial score (nSPS) is 11.8. The minimum Gasteiger partial charge on any atom is -0.328 e. The van der Waals surface area contributed by atoms with E-state index in [0.29, 0.717) is 12.4 Å². The Morgan fingerprint density at radius 2 is 1.80 bits per heavy atom. The molecule has 0 saturated heterocycles. The van der Waals surface area contributed by atoms with E-state index in [-0.39, 0.29) is 6.54 Å². The summed E-state index contributed by atoms with van der Waals surface area (Å²) in [5, 5.41) is 1.18. The van der Waals surface area contributed by atoms with Gasteiger partial charge in [-0.25, -0.2) is 18.1 Å². The molecule has 0 atom stereocenters. The number of hydrogen-bond donors (Lipinski definition) is 1. The summed E-state index contributed by atoms with van der Waals surface area (Å²) in [4.78, 5) is 8.56. The molecule has 0 spiro atoms. The van der Waals surface area contributed by atoms with Crippen molar-refractivity contribution in [1.29, 1.82) is 0 Å². The third-order valence-corrected chi connectivity index (χ3v) is 4.61. The summed E-state index contributed by atoms with van der Waals surface area (Å²) >= 11 is 0. The van der Waals surface area contributed by atoms with Crippen LogP contribution in [0.25, 0.3) is 17.6 Å². The van der Waals surface area contributed by atoms with Gasteiger partial charge in [0.1, 0.15) is 5.69 Å². The number of aromatic nitrogens is 3. The lowest BCUT2D eigenvalue weighted by atomic mass is 10.2. The van der Waals surface area contributed by atoms with E-state index in [1.807, 2.05) is 53.1 Å². The van der Waals surface area contributed by atoms with E-state index in [2.05, 4.69) is 14.7 Å². The fourth-order valence-corrected chi connectivity index (χ4v) is 3.11. The Morgan fingerprint density at radius 3 is 2.56 bits per heavy atom. The largest absolute Gasteiger partial charge is 0.328 e. The average molecular weight is 354 g/mol. The molecule has 0 radical (unpaired) electrons. The molecule has 0 unspecified atom stereocenters. The Labute approximate surface area is 146 Å². The first-order valence-electron chi connectivity index (χ1n) is 7.79. The highest BCUT2D eigenvalue weighted by atomic mass is 32.2. The minimum absolute atomic E-state index is 0.262. The van der Waals surface area contributed by atoms with Crippen LogP contribution in [-0.2, 0) is 16.6 Å². The second-order valence-corrected chi connectivity index (χ2v) is 6.96. The third-order valence-electron chi connectivity index (χ3n) is 3.50. The molecule has 0 saturated carbocycles. The Morgan fingerprint density at radius 1 is 1.00 bits per heavy atom. The van der Waals surface area contributed by atoms with Gasteiger partial charge < -0.3 is 4.57 Å². The SMILES string of the molecule is O=S(=O)(C=Cc1ccccc1)NCCn1ccnc1-c1ccccn1. The van der Waals surface area contributed by atoms with Crippen LogP contribution in [-0.4, -0.2) is 29.5 Å². The van der Waals surface area contributed by atoms with E-state index in [1.54, 1.807) is 24.7 Å². The lowest BCUT2D eigenvalue weighted by Crippen LogP contribution is -2.25. The molecule has 2 heterocycles. The average Bonchev–Trinajstić information content (AvgIpc) is 3.10. The fourth-order valence-electron chi connectivity index (χ4n) is 2.31. The molecule has 0 fully saturated rings. The van der Waals surface area contributed by atoms with Crippen LogP contribution in [0.2, 0.25) is 0 Å². The number of nitrogens with zero attached hydrogens (tertiary/aromatic N) is 3. The van der Waals surface area contributed by atoms with Crippen molar-refractivity contribution in [3.05, 3.63) is 78.1 Å². The predicted molar refractivity (Wildman–Crippen MR) is 97.9 cm³/mol. The highest BCUT2D eigenvalue weighted by Crippen LogP contribution is 2.13. The molecule has 3 rings (SSSR count). The Bertz CT molecular complexity index is 935. The maximum atomic E-state index is 12.1. The first kappa shape index (κ1) is 17.1. The number of nitrogens with one attached hydrogen (secondary N) is 1. The molecule has 0 bridgehead atoms. The summed E-state index contributed by atoms with van der Waals surface area (Å²) in [6.07, 6.45) is 6.75. The fraction of sp³-hybridized carbons (Fsp3) is 0.111. The van der Waals surface area contributed by atoms with E-state index in [1.165, 1.54) is 5.41 Å². The maximum absolute atomic E-state index is 12.1. The number of sulfonamides is 1. The van der Waals surface area contributed by atoms with Gasteiger partial charge in [0.15, 0.2) is 5.82 Å². The molecule has 1 aromatic carbocycles. The Balaban J connectivity index is 1.60. The highest BCUT2D eigenvalue weighted by molar-refractivity contribution is 7.92. The number of benzene rings is 1. The van der Waals surface area contributed by atoms with Crippen LogP contribution in [0.4, 0.5) is 0 Å². The zero-order valence-corrected chi connectivity index (χ0v) is 14.3. The van der Waals surface area contributed by atoms with Crippen LogP contribution < -0.4 is 4.72 Å². The van der Waals surface area contributed by atoms with Crippen molar-refractivity contribution in [3.63, 3.8) is 0 Å². The molecule has 6 nitrogen and oxygen atoms in total. The van der Waals surface area contributed by atoms with Crippen LogP contribution >= 0.6 is 0 Å². The van der Waals surface area contributed by atoms with Crippen LogP contribution in [0.3, 0.4) is 0 Å². The Hall–Kier alpha value is -2.77.